The van der Waals surface area contributed by atoms with Crippen molar-refractivity contribution >= 4 is 46.7 Å². The van der Waals surface area contributed by atoms with Gasteiger partial charge in [0.1, 0.15) is 0 Å². The van der Waals surface area contributed by atoms with E-state index < -0.39 is 28.1 Å². The highest BCUT2D eigenvalue weighted by atomic mass is 35.6. The first-order valence-corrected chi connectivity index (χ1v) is 6.87. The van der Waals surface area contributed by atoms with Crippen molar-refractivity contribution in [3.63, 3.8) is 0 Å². The van der Waals surface area contributed by atoms with Crippen molar-refractivity contribution < 1.29 is 19.0 Å². The summed E-state index contributed by atoms with van der Waals surface area (Å²) in [6, 6.07) is 0. The summed E-state index contributed by atoms with van der Waals surface area (Å²) in [7, 11) is 0. The van der Waals surface area contributed by atoms with Gasteiger partial charge in [0, 0.05) is 12.8 Å². The number of hydrogen-bond acceptors (Lipinski definition) is 5. The Labute approximate surface area is 126 Å². The van der Waals surface area contributed by atoms with E-state index >= 15 is 0 Å². The van der Waals surface area contributed by atoms with E-state index in [2.05, 4.69) is 0 Å². The molecule has 0 aromatic carbocycles. The smallest absolute Gasteiger partial charge is 0.303 e. The van der Waals surface area contributed by atoms with Gasteiger partial charge < -0.3 is 14.2 Å². The van der Waals surface area contributed by atoms with Gasteiger partial charge in [0.2, 0.25) is 12.2 Å². The van der Waals surface area contributed by atoms with Crippen LogP contribution in [-0.4, -0.2) is 34.7 Å². The molecule has 0 radical (unpaired) electrons. The third-order valence-corrected chi connectivity index (χ3v) is 3.52. The Hall–Kier alpha value is -0.230. The van der Waals surface area contributed by atoms with Crippen LogP contribution in [0.3, 0.4) is 0 Å². The second-order valence-corrected chi connectivity index (χ2v) is 6.84. The number of nitrogens with one attached hydrogen (secondary N) is 1. The summed E-state index contributed by atoms with van der Waals surface area (Å²) < 4.78 is 13.8. The van der Waals surface area contributed by atoms with Gasteiger partial charge in [0.15, 0.2) is 6.10 Å². The number of alkyl halides is 3. The summed E-state index contributed by atoms with van der Waals surface area (Å²) in [5.74, 6) is -0.832. The molecule has 1 fully saturated rings. The number of halogens is 3. The first kappa shape index (κ1) is 16.8. The lowest BCUT2D eigenvalue weighted by Gasteiger charge is -2.39. The Balaban J connectivity index is 2.78. The molecule has 0 saturated carbocycles. The van der Waals surface area contributed by atoms with Crippen LogP contribution in [0.15, 0.2) is 0 Å². The second kappa shape index (κ2) is 6.48. The third kappa shape index (κ3) is 4.67. The van der Waals surface area contributed by atoms with Crippen LogP contribution in [0, 0.1) is 17.2 Å². The average Bonchev–Trinajstić information content (AvgIpc) is 2.26. The molecule has 0 spiro atoms. The summed E-state index contributed by atoms with van der Waals surface area (Å²) in [5, 5.41) is 7.53. The summed E-state index contributed by atoms with van der Waals surface area (Å²) in [5.41, 5.74) is 0. The third-order valence-electron chi connectivity index (χ3n) is 3.00. The van der Waals surface area contributed by atoms with Gasteiger partial charge in [-0.05, 0) is 5.92 Å². The van der Waals surface area contributed by atoms with Crippen LogP contribution in [-0.2, 0) is 19.0 Å². The molecule has 0 amide bonds. The zero-order valence-electron chi connectivity index (χ0n) is 10.8. The van der Waals surface area contributed by atoms with Crippen LogP contribution >= 0.6 is 34.8 Å². The molecule has 0 bridgehead atoms. The molecular formula is C11H16Cl3NO4. The van der Waals surface area contributed by atoms with E-state index in [0.717, 1.165) is 0 Å². The quantitative estimate of drug-likeness (QED) is 0.365. The van der Waals surface area contributed by atoms with Crippen molar-refractivity contribution in [2.75, 3.05) is 6.61 Å². The molecule has 1 saturated heterocycles. The second-order valence-electron chi connectivity index (χ2n) is 4.56. The van der Waals surface area contributed by atoms with Gasteiger partial charge in [-0.15, -0.1) is 0 Å². The minimum absolute atomic E-state index is 0.00539. The Morgan fingerprint density at radius 1 is 1.32 bits per heavy atom. The Kier molecular flexibility index (Phi) is 5.74. The van der Waals surface area contributed by atoms with Crippen molar-refractivity contribution in [1.82, 2.24) is 0 Å². The average molecular weight is 333 g/mol. The molecule has 0 aromatic heterocycles. The minimum atomic E-state index is -1.98. The van der Waals surface area contributed by atoms with Gasteiger partial charge in [-0.2, -0.15) is 0 Å². The first-order chi connectivity index (χ1) is 8.62. The van der Waals surface area contributed by atoms with Crippen LogP contribution in [0.4, 0.5) is 0 Å². The SMILES string of the molecule is CC(=O)OC1[C@H](OC(=N)C(Cl)(Cl)Cl)OC[C@@H](C)[C@@H]1C. The van der Waals surface area contributed by atoms with E-state index in [4.69, 9.17) is 54.4 Å². The first-order valence-electron chi connectivity index (χ1n) is 5.74. The molecular weight excluding hydrogens is 316 g/mol. The topological polar surface area (TPSA) is 68.6 Å². The van der Waals surface area contributed by atoms with Gasteiger partial charge in [-0.1, -0.05) is 48.7 Å². The van der Waals surface area contributed by atoms with Crippen LogP contribution < -0.4 is 0 Å². The Bertz CT molecular complexity index is 358. The standard InChI is InChI=1S/C11H16Cl3NO4/c1-5-4-17-9(19-10(15)11(12,13)14)8(6(5)2)18-7(3)16/h5-6,8-9,15H,4H2,1-3H3/t5-,6+,8?,9+/m1/s1. The van der Waals surface area contributed by atoms with Gasteiger partial charge in [0.25, 0.3) is 3.79 Å². The number of ether oxygens (including phenoxy) is 3. The maximum atomic E-state index is 11.1. The zero-order valence-corrected chi connectivity index (χ0v) is 13.1. The number of hydrogen-bond donors (Lipinski definition) is 1. The molecule has 4 atom stereocenters. The number of carbonyl (C=O) groups is 1. The Morgan fingerprint density at radius 2 is 1.89 bits per heavy atom. The molecule has 19 heavy (non-hydrogen) atoms. The maximum Gasteiger partial charge on any atom is 0.303 e. The molecule has 1 unspecified atom stereocenters. The molecule has 110 valence electrons. The minimum Gasteiger partial charge on any atom is -0.456 e. The summed E-state index contributed by atoms with van der Waals surface area (Å²) in [6.07, 6.45) is -1.59. The van der Waals surface area contributed by atoms with E-state index in [0.29, 0.717) is 6.61 Å². The van der Waals surface area contributed by atoms with Crippen molar-refractivity contribution in [2.45, 2.75) is 37.0 Å². The summed E-state index contributed by atoms with van der Waals surface area (Å²) in [6.45, 7) is 5.59. The van der Waals surface area contributed by atoms with Gasteiger partial charge in [0.05, 0.1) is 6.61 Å². The highest BCUT2D eigenvalue weighted by Gasteiger charge is 2.42. The van der Waals surface area contributed by atoms with Crippen molar-refractivity contribution in [3.8, 4) is 0 Å². The number of rotatable bonds is 2. The van der Waals surface area contributed by atoms with E-state index in [1.165, 1.54) is 6.92 Å². The molecule has 1 heterocycles. The van der Waals surface area contributed by atoms with Crippen molar-refractivity contribution in [2.24, 2.45) is 11.8 Å². The van der Waals surface area contributed by atoms with E-state index in [-0.39, 0.29) is 11.8 Å². The molecule has 0 aliphatic carbocycles. The van der Waals surface area contributed by atoms with Crippen LogP contribution in [0.5, 0.6) is 0 Å². The summed E-state index contributed by atoms with van der Waals surface area (Å²) in [4.78, 5) is 11.1. The zero-order chi connectivity index (χ0) is 14.8. The van der Waals surface area contributed by atoms with Crippen LogP contribution in [0.25, 0.3) is 0 Å². The molecule has 1 N–H and O–H groups in total. The maximum absolute atomic E-state index is 11.1. The van der Waals surface area contributed by atoms with E-state index in [1.807, 2.05) is 13.8 Å². The van der Waals surface area contributed by atoms with E-state index in [1.54, 1.807) is 0 Å². The van der Waals surface area contributed by atoms with Crippen molar-refractivity contribution in [3.05, 3.63) is 0 Å². The monoisotopic (exact) mass is 331 g/mol. The predicted molar refractivity (Wildman–Crippen MR) is 72.7 cm³/mol. The molecule has 5 nitrogen and oxygen atoms in total. The fourth-order valence-electron chi connectivity index (χ4n) is 1.70. The lowest BCUT2D eigenvalue weighted by Crippen LogP contribution is -2.49. The van der Waals surface area contributed by atoms with Crippen LogP contribution in [0.2, 0.25) is 0 Å². The highest BCUT2D eigenvalue weighted by molar-refractivity contribution is 6.76. The molecule has 0 aromatic rings. The molecule has 1 rings (SSSR count). The van der Waals surface area contributed by atoms with Crippen molar-refractivity contribution in [1.29, 1.82) is 5.41 Å². The number of carbonyl (C=O) groups excluding carboxylic acids is 1. The Morgan fingerprint density at radius 3 is 2.37 bits per heavy atom. The molecule has 8 heteroatoms. The lowest BCUT2D eigenvalue weighted by molar-refractivity contribution is -0.225. The fraction of sp³-hybridized carbons (Fsp3) is 0.818. The molecule has 1 aliphatic rings. The van der Waals surface area contributed by atoms with Crippen LogP contribution in [0.1, 0.15) is 20.8 Å². The lowest BCUT2D eigenvalue weighted by atomic mass is 9.88. The van der Waals surface area contributed by atoms with Gasteiger partial charge >= 0.3 is 5.97 Å². The van der Waals surface area contributed by atoms with E-state index in [9.17, 15) is 4.79 Å². The largest absolute Gasteiger partial charge is 0.456 e. The van der Waals surface area contributed by atoms with Gasteiger partial charge in [-0.25, -0.2) is 0 Å². The normalized spacial score (nSPS) is 31.7. The highest BCUT2D eigenvalue weighted by Crippen LogP contribution is 2.33. The fourth-order valence-corrected chi connectivity index (χ4v) is 1.84. The van der Waals surface area contributed by atoms with Gasteiger partial charge in [-0.3, -0.25) is 10.2 Å². The number of esters is 1. The summed E-state index contributed by atoms with van der Waals surface area (Å²) >= 11 is 16.6. The predicted octanol–water partition coefficient (Wildman–Crippen LogP) is 2.91. The molecule has 1 aliphatic heterocycles.